The summed E-state index contributed by atoms with van der Waals surface area (Å²) in [5.41, 5.74) is -3.81. The van der Waals surface area contributed by atoms with Crippen LogP contribution in [0.25, 0.3) is 11.0 Å². The minimum atomic E-state index is -5.22. The van der Waals surface area contributed by atoms with E-state index < -0.39 is 29.6 Å². The molecule has 0 bridgehead atoms. The molecule has 1 aliphatic rings. The fourth-order valence-electron chi connectivity index (χ4n) is 2.95. The van der Waals surface area contributed by atoms with Gasteiger partial charge in [-0.05, 0) is 24.3 Å². The smallest absolute Gasteiger partial charge is 0.312 e. The van der Waals surface area contributed by atoms with E-state index in [0.717, 1.165) is 6.07 Å². The van der Waals surface area contributed by atoms with Crippen molar-refractivity contribution in [1.29, 1.82) is 0 Å². The van der Waals surface area contributed by atoms with Gasteiger partial charge in [-0.1, -0.05) is 29.3 Å². The highest BCUT2D eigenvalue weighted by molar-refractivity contribution is 6.42. The molecule has 2 N–H and O–H groups in total. The number of benzene rings is 1. The summed E-state index contributed by atoms with van der Waals surface area (Å²) in [7, 11) is 0. The topological polar surface area (TPSA) is 88.9 Å². The largest absolute Gasteiger partial charge is 0.440 e. The third kappa shape index (κ3) is 2.52. The van der Waals surface area contributed by atoms with Crippen molar-refractivity contribution in [3.63, 3.8) is 0 Å². The lowest BCUT2D eigenvalue weighted by atomic mass is 10.1. The maximum atomic E-state index is 14.2. The molecule has 0 spiro atoms. The first-order valence-corrected chi connectivity index (χ1v) is 8.40. The van der Waals surface area contributed by atoms with E-state index in [-0.39, 0.29) is 26.8 Å². The summed E-state index contributed by atoms with van der Waals surface area (Å²) >= 11 is 11.8. The van der Waals surface area contributed by atoms with Crippen LogP contribution in [-0.4, -0.2) is 32.5 Å². The molecule has 1 atom stereocenters. The quantitative estimate of drug-likeness (QED) is 0.653. The summed E-state index contributed by atoms with van der Waals surface area (Å²) < 4.78 is 43.2. The molecule has 1 aliphatic heterocycles. The Kier molecular flexibility index (Phi) is 4.02. The molecule has 1 aromatic carbocycles. The molecule has 0 fully saturated rings. The first-order valence-electron chi connectivity index (χ1n) is 7.65. The number of alkyl halides is 3. The lowest BCUT2D eigenvalue weighted by Crippen LogP contribution is -2.63. The third-order valence-corrected chi connectivity index (χ3v) is 4.91. The summed E-state index contributed by atoms with van der Waals surface area (Å²) in [6, 6.07) is 6.54. The Morgan fingerprint density at radius 2 is 1.93 bits per heavy atom. The minimum Gasteiger partial charge on any atom is -0.312 e. The summed E-state index contributed by atoms with van der Waals surface area (Å²) in [4.78, 5) is 32.6. The van der Waals surface area contributed by atoms with Crippen molar-refractivity contribution in [2.24, 2.45) is 0 Å². The SMILES string of the molecule is O=C(NC1(C(F)(F)F)C(=O)Nc2nc3cc(Cl)c(Cl)cc3n21)c1ccccn1. The molecule has 3 aromatic rings. The van der Waals surface area contributed by atoms with E-state index in [1.165, 1.54) is 30.5 Å². The third-order valence-electron chi connectivity index (χ3n) is 4.19. The Bertz CT molecular complexity index is 1130. The maximum Gasteiger partial charge on any atom is 0.440 e. The van der Waals surface area contributed by atoms with Crippen molar-refractivity contribution >= 4 is 52.0 Å². The predicted octanol–water partition coefficient (Wildman–Crippen LogP) is 3.34. The fourth-order valence-corrected chi connectivity index (χ4v) is 3.27. The molecule has 0 radical (unpaired) electrons. The van der Waals surface area contributed by atoms with Crippen LogP contribution in [0.5, 0.6) is 0 Å². The molecule has 0 aliphatic carbocycles. The van der Waals surface area contributed by atoms with Crippen LogP contribution in [0.2, 0.25) is 10.0 Å². The Morgan fingerprint density at radius 3 is 2.57 bits per heavy atom. The van der Waals surface area contributed by atoms with Crippen LogP contribution in [0.3, 0.4) is 0 Å². The molecule has 144 valence electrons. The molecule has 0 saturated heterocycles. The first-order chi connectivity index (χ1) is 13.1. The van der Waals surface area contributed by atoms with Gasteiger partial charge in [0.15, 0.2) is 0 Å². The molecule has 28 heavy (non-hydrogen) atoms. The highest BCUT2D eigenvalue weighted by Gasteiger charge is 2.67. The Hall–Kier alpha value is -2.85. The zero-order chi connectivity index (χ0) is 20.3. The number of nitrogens with one attached hydrogen (secondary N) is 2. The molecule has 0 saturated carbocycles. The number of hydrogen-bond acceptors (Lipinski definition) is 4. The first kappa shape index (κ1) is 18.5. The Balaban J connectivity index is 1.95. The number of carbonyl (C=O) groups is 2. The summed E-state index contributed by atoms with van der Waals surface area (Å²) in [5.74, 6) is -3.11. The molecular weight excluding hydrogens is 422 g/mol. The van der Waals surface area contributed by atoms with Crippen molar-refractivity contribution < 1.29 is 22.8 Å². The van der Waals surface area contributed by atoms with Crippen molar-refractivity contribution in [2.75, 3.05) is 5.32 Å². The van der Waals surface area contributed by atoms with Gasteiger partial charge in [0, 0.05) is 6.20 Å². The van der Waals surface area contributed by atoms with Gasteiger partial charge in [-0.15, -0.1) is 0 Å². The van der Waals surface area contributed by atoms with Crippen LogP contribution in [0.1, 0.15) is 10.5 Å². The number of fused-ring (bicyclic) bond motifs is 3. The average Bonchev–Trinajstić information content (AvgIpc) is 3.10. The van der Waals surface area contributed by atoms with Crippen LogP contribution in [0.15, 0.2) is 36.5 Å². The molecular formula is C16H8Cl2F3N5O2. The van der Waals surface area contributed by atoms with Crippen molar-refractivity contribution in [1.82, 2.24) is 19.9 Å². The van der Waals surface area contributed by atoms with Crippen LogP contribution in [-0.2, 0) is 10.5 Å². The highest BCUT2D eigenvalue weighted by Crippen LogP contribution is 2.45. The van der Waals surface area contributed by atoms with Gasteiger partial charge < -0.3 is 5.32 Å². The van der Waals surface area contributed by atoms with Gasteiger partial charge in [-0.25, -0.2) is 4.98 Å². The molecule has 3 heterocycles. The van der Waals surface area contributed by atoms with Crippen molar-refractivity contribution in [3.8, 4) is 0 Å². The molecule has 4 rings (SSSR count). The van der Waals surface area contributed by atoms with Gasteiger partial charge in [0.1, 0.15) is 5.69 Å². The molecule has 12 heteroatoms. The van der Waals surface area contributed by atoms with Crippen LogP contribution in [0.4, 0.5) is 19.1 Å². The molecule has 2 amide bonds. The fraction of sp³-hybridized carbons (Fsp3) is 0.125. The van der Waals surface area contributed by atoms with Gasteiger partial charge in [-0.2, -0.15) is 13.2 Å². The number of nitrogens with zero attached hydrogens (tertiary/aromatic N) is 3. The Labute approximate surface area is 164 Å². The van der Waals surface area contributed by atoms with Gasteiger partial charge in [0.2, 0.25) is 5.95 Å². The highest BCUT2D eigenvalue weighted by atomic mass is 35.5. The maximum absolute atomic E-state index is 14.2. The molecule has 2 aromatic heterocycles. The number of rotatable bonds is 2. The number of amides is 2. The van der Waals surface area contributed by atoms with E-state index in [1.54, 1.807) is 5.32 Å². The van der Waals surface area contributed by atoms with Gasteiger partial charge >= 0.3 is 6.18 Å². The van der Waals surface area contributed by atoms with Crippen molar-refractivity contribution in [2.45, 2.75) is 11.8 Å². The zero-order valence-corrected chi connectivity index (χ0v) is 15.0. The minimum absolute atomic E-state index is 0.0386. The second-order valence-corrected chi connectivity index (χ2v) is 6.67. The zero-order valence-electron chi connectivity index (χ0n) is 13.5. The van der Waals surface area contributed by atoms with Crippen molar-refractivity contribution in [3.05, 3.63) is 52.3 Å². The van der Waals surface area contributed by atoms with Crippen LogP contribution in [0, 0.1) is 0 Å². The lowest BCUT2D eigenvalue weighted by molar-refractivity contribution is -0.213. The number of halogens is 5. The average molecular weight is 430 g/mol. The number of imidazole rings is 1. The lowest BCUT2D eigenvalue weighted by Gasteiger charge is -2.31. The van der Waals surface area contributed by atoms with Crippen LogP contribution >= 0.6 is 23.2 Å². The number of pyridine rings is 1. The standard InChI is InChI=1S/C16H8Cl2F3N5O2/c17-7-5-10-11(6-8(7)18)26-14(23-10)24-13(28)15(26,16(19,20)21)25-12(27)9-3-1-2-4-22-9/h1-6H,(H,25,27)(H,23,24,28). The monoisotopic (exact) mass is 429 g/mol. The summed E-state index contributed by atoms with van der Waals surface area (Å²) in [5, 5.41) is 3.86. The number of hydrogen-bond donors (Lipinski definition) is 2. The second-order valence-electron chi connectivity index (χ2n) is 5.86. The van der Waals surface area contributed by atoms with E-state index in [4.69, 9.17) is 23.2 Å². The predicted molar refractivity (Wildman–Crippen MR) is 94.1 cm³/mol. The number of anilines is 1. The van der Waals surface area contributed by atoms with E-state index >= 15 is 0 Å². The second kappa shape index (κ2) is 6.08. The van der Waals surface area contributed by atoms with E-state index in [1.807, 2.05) is 0 Å². The van der Waals surface area contributed by atoms with Crippen LogP contribution < -0.4 is 10.6 Å². The summed E-state index contributed by atoms with van der Waals surface area (Å²) in [6.07, 6.45) is -3.98. The summed E-state index contributed by atoms with van der Waals surface area (Å²) in [6.45, 7) is 0. The van der Waals surface area contributed by atoms with Gasteiger partial charge in [-0.3, -0.25) is 24.5 Å². The van der Waals surface area contributed by atoms with Gasteiger partial charge in [0.05, 0.1) is 21.1 Å². The normalized spacial score (nSPS) is 18.8. The van der Waals surface area contributed by atoms with E-state index in [0.29, 0.717) is 4.57 Å². The molecule has 1 unspecified atom stereocenters. The van der Waals surface area contributed by atoms with E-state index in [9.17, 15) is 22.8 Å². The van der Waals surface area contributed by atoms with Gasteiger partial charge in [0.25, 0.3) is 17.5 Å². The van der Waals surface area contributed by atoms with E-state index in [2.05, 4.69) is 15.3 Å². The number of carbonyl (C=O) groups excluding carboxylic acids is 2. The number of aromatic nitrogens is 3. The molecule has 7 nitrogen and oxygen atoms in total. The Morgan fingerprint density at radius 1 is 1.21 bits per heavy atom.